The van der Waals surface area contributed by atoms with Crippen LogP contribution in [0.2, 0.25) is 0 Å². The van der Waals surface area contributed by atoms with Crippen LogP contribution < -0.4 is 5.32 Å². The van der Waals surface area contributed by atoms with Crippen molar-refractivity contribution in [1.82, 2.24) is 20.3 Å². The predicted molar refractivity (Wildman–Crippen MR) is 67.5 cm³/mol. The Labute approximate surface area is 101 Å². The number of hydrogen-bond donors (Lipinski definition) is 1. The summed E-state index contributed by atoms with van der Waals surface area (Å²) in [4.78, 5) is 0. The number of thioether (sulfide) groups is 1. The lowest BCUT2D eigenvalue weighted by atomic mass is 9.96. The summed E-state index contributed by atoms with van der Waals surface area (Å²) in [7, 11) is 1.98. The molecule has 5 heteroatoms. The van der Waals surface area contributed by atoms with Gasteiger partial charge in [-0.2, -0.15) is 11.8 Å². The van der Waals surface area contributed by atoms with Crippen molar-refractivity contribution < 1.29 is 0 Å². The molecule has 0 spiro atoms. The lowest BCUT2D eigenvalue weighted by Crippen LogP contribution is -2.30. The zero-order chi connectivity index (χ0) is 11.4. The van der Waals surface area contributed by atoms with E-state index in [0.717, 1.165) is 12.5 Å². The third kappa shape index (κ3) is 2.58. The third-order valence-electron chi connectivity index (χ3n) is 3.12. The highest BCUT2D eigenvalue weighted by atomic mass is 32.2. The summed E-state index contributed by atoms with van der Waals surface area (Å²) < 4.78 is 1.90. The maximum Gasteiger partial charge on any atom is 0.0756 e. The molecule has 0 aromatic carbocycles. The molecule has 2 unspecified atom stereocenters. The van der Waals surface area contributed by atoms with Gasteiger partial charge in [-0.15, -0.1) is 5.10 Å². The highest BCUT2D eigenvalue weighted by molar-refractivity contribution is 7.99. The summed E-state index contributed by atoms with van der Waals surface area (Å²) in [5.41, 5.74) is 1.22. The number of nitrogens with one attached hydrogen (secondary N) is 1. The van der Waals surface area contributed by atoms with E-state index in [9.17, 15) is 0 Å². The van der Waals surface area contributed by atoms with Crippen molar-refractivity contribution in [2.75, 3.05) is 18.1 Å². The van der Waals surface area contributed by atoms with Crippen LogP contribution in [0.25, 0.3) is 0 Å². The van der Waals surface area contributed by atoms with Crippen molar-refractivity contribution in [2.24, 2.45) is 13.0 Å². The predicted octanol–water partition coefficient (Wildman–Crippen LogP) is 1.61. The first-order chi connectivity index (χ1) is 7.83. The fraction of sp³-hybridized carbons (Fsp3) is 0.818. The van der Waals surface area contributed by atoms with Gasteiger partial charge in [0.05, 0.1) is 17.9 Å². The van der Waals surface area contributed by atoms with Crippen LogP contribution in [0.5, 0.6) is 0 Å². The Morgan fingerprint density at radius 2 is 2.56 bits per heavy atom. The Balaban J connectivity index is 2.10. The van der Waals surface area contributed by atoms with Crippen LogP contribution in [-0.4, -0.2) is 33.0 Å². The second kappa shape index (κ2) is 5.68. The molecule has 90 valence electrons. The smallest absolute Gasteiger partial charge is 0.0756 e. The Kier molecular flexibility index (Phi) is 4.23. The van der Waals surface area contributed by atoms with Gasteiger partial charge >= 0.3 is 0 Å². The molecule has 1 aromatic heterocycles. The zero-order valence-electron chi connectivity index (χ0n) is 10.0. The van der Waals surface area contributed by atoms with Crippen molar-refractivity contribution in [3.63, 3.8) is 0 Å². The first kappa shape index (κ1) is 11.9. The summed E-state index contributed by atoms with van der Waals surface area (Å²) in [5.74, 6) is 3.28. The van der Waals surface area contributed by atoms with Crippen LogP contribution in [0, 0.1) is 5.92 Å². The number of nitrogens with zero attached hydrogens (tertiary/aromatic N) is 3. The fourth-order valence-corrected chi connectivity index (χ4v) is 3.51. The van der Waals surface area contributed by atoms with Gasteiger partial charge in [-0.05, 0) is 36.8 Å². The molecule has 2 heterocycles. The molecule has 1 N–H and O–H groups in total. The maximum absolute atomic E-state index is 4.04. The molecule has 0 radical (unpaired) electrons. The lowest BCUT2D eigenvalue weighted by molar-refractivity contribution is 0.374. The number of hydrogen-bond acceptors (Lipinski definition) is 4. The molecule has 0 saturated carbocycles. The summed E-state index contributed by atoms with van der Waals surface area (Å²) in [6.45, 7) is 3.27. The van der Waals surface area contributed by atoms with Crippen molar-refractivity contribution in [3.8, 4) is 0 Å². The standard InChI is InChI=1S/C11H20N4S/c1-3-5-12-11(9-4-6-16-8-9)10-7-13-14-15(10)2/h7,9,11-12H,3-6,8H2,1-2H3. The van der Waals surface area contributed by atoms with Crippen molar-refractivity contribution in [1.29, 1.82) is 0 Å². The molecular weight excluding hydrogens is 220 g/mol. The molecule has 1 saturated heterocycles. The second-order valence-corrected chi connectivity index (χ2v) is 5.49. The van der Waals surface area contributed by atoms with Crippen LogP contribution in [-0.2, 0) is 7.05 Å². The normalized spacial score (nSPS) is 22.5. The van der Waals surface area contributed by atoms with Gasteiger partial charge in [-0.3, -0.25) is 4.68 Å². The van der Waals surface area contributed by atoms with E-state index < -0.39 is 0 Å². The number of aromatic nitrogens is 3. The van der Waals surface area contributed by atoms with Gasteiger partial charge in [-0.1, -0.05) is 12.1 Å². The molecule has 0 bridgehead atoms. The van der Waals surface area contributed by atoms with E-state index in [4.69, 9.17) is 0 Å². The SMILES string of the molecule is CCCNC(c1cnnn1C)C1CCSC1. The van der Waals surface area contributed by atoms with Crippen LogP contribution in [0.4, 0.5) is 0 Å². The van der Waals surface area contributed by atoms with Crippen LogP contribution in [0.1, 0.15) is 31.5 Å². The third-order valence-corrected chi connectivity index (χ3v) is 4.31. The van der Waals surface area contributed by atoms with Gasteiger partial charge in [-0.25, -0.2) is 0 Å². The highest BCUT2D eigenvalue weighted by Crippen LogP contribution is 2.33. The van der Waals surface area contributed by atoms with E-state index >= 15 is 0 Å². The molecular formula is C11H20N4S. The van der Waals surface area contributed by atoms with Gasteiger partial charge in [0.1, 0.15) is 0 Å². The lowest BCUT2D eigenvalue weighted by Gasteiger charge is -2.23. The number of aryl methyl sites for hydroxylation is 1. The molecule has 1 aliphatic rings. The summed E-state index contributed by atoms with van der Waals surface area (Å²) in [6, 6.07) is 0.426. The summed E-state index contributed by atoms with van der Waals surface area (Å²) in [6.07, 6.45) is 4.37. The van der Waals surface area contributed by atoms with Gasteiger partial charge < -0.3 is 5.32 Å². The van der Waals surface area contributed by atoms with Gasteiger partial charge in [0.25, 0.3) is 0 Å². The highest BCUT2D eigenvalue weighted by Gasteiger charge is 2.28. The average molecular weight is 240 g/mol. The summed E-state index contributed by atoms with van der Waals surface area (Å²) in [5, 5.41) is 11.7. The number of rotatable bonds is 5. The maximum atomic E-state index is 4.04. The van der Waals surface area contributed by atoms with Crippen molar-refractivity contribution >= 4 is 11.8 Å². The Morgan fingerprint density at radius 3 is 3.12 bits per heavy atom. The van der Waals surface area contributed by atoms with E-state index in [-0.39, 0.29) is 0 Å². The van der Waals surface area contributed by atoms with E-state index in [0.29, 0.717) is 6.04 Å². The zero-order valence-corrected chi connectivity index (χ0v) is 10.8. The van der Waals surface area contributed by atoms with Gasteiger partial charge in [0.15, 0.2) is 0 Å². The first-order valence-electron chi connectivity index (χ1n) is 5.98. The fourth-order valence-electron chi connectivity index (χ4n) is 2.21. The quantitative estimate of drug-likeness (QED) is 0.849. The second-order valence-electron chi connectivity index (χ2n) is 4.34. The summed E-state index contributed by atoms with van der Waals surface area (Å²) >= 11 is 2.06. The van der Waals surface area contributed by atoms with Crippen LogP contribution in [0.3, 0.4) is 0 Å². The van der Waals surface area contributed by atoms with E-state index in [1.807, 2.05) is 17.9 Å². The molecule has 16 heavy (non-hydrogen) atoms. The van der Waals surface area contributed by atoms with Gasteiger partial charge in [0, 0.05) is 7.05 Å². The molecule has 0 amide bonds. The first-order valence-corrected chi connectivity index (χ1v) is 7.14. The molecule has 2 atom stereocenters. The van der Waals surface area contributed by atoms with E-state index in [2.05, 4.69) is 34.3 Å². The molecule has 1 aromatic rings. The Bertz CT molecular complexity index is 320. The topological polar surface area (TPSA) is 42.7 Å². The molecule has 0 aliphatic carbocycles. The minimum absolute atomic E-state index is 0.426. The van der Waals surface area contributed by atoms with Crippen LogP contribution >= 0.6 is 11.8 Å². The average Bonchev–Trinajstić information content (AvgIpc) is 2.91. The Hall–Kier alpha value is -0.550. The minimum Gasteiger partial charge on any atom is -0.308 e. The van der Waals surface area contributed by atoms with Crippen LogP contribution in [0.15, 0.2) is 6.20 Å². The largest absolute Gasteiger partial charge is 0.308 e. The Morgan fingerprint density at radius 1 is 1.69 bits per heavy atom. The van der Waals surface area contributed by atoms with Crippen molar-refractivity contribution in [3.05, 3.63) is 11.9 Å². The molecule has 2 rings (SSSR count). The molecule has 4 nitrogen and oxygen atoms in total. The molecule has 1 aliphatic heterocycles. The minimum atomic E-state index is 0.426. The van der Waals surface area contributed by atoms with Gasteiger partial charge in [0.2, 0.25) is 0 Å². The van der Waals surface area contributed by atoms with Crippen molar-refractivity contribution in [2.45, 2.75) is 25.8 Å². The van der Waals surface area contributed by atoms with E-state index in [1.54, 1.807) is 0 Å². The monoisotopic (exact) mass is 240 g/mol. The molecule has 1 fully saturated rings. The van der Waals surface area contributed by atoms with E-state index in [1.165, 1.54) is 30.0 Å².